The summed E-state index contributed by atoms with van der Waals surface area (Å²) in [7, 11) is 0. The van der Waals surface area contributed by atoms with Gasteiger partial charge in [-0.25, -0.2) is 0 Å². The number of ketones is 1. The number of esters is 4. The van der Waals surface area contributed by atoms with Gasteiger partial charge in [-0.1, -0.05) is 20.8 Å². The third-order valence-electron chi connectivity index (χ3n) is 5.05. The normalized spacial score (nSPS) is 11.6. The minimum atomic E-state index is -0.699. The van der Waals surface area contributed by atoms with E-state index in [2.05, 4.69) is 0 Å². The lowest BCUT2D eigenvalue weighted by Gasteiger charge is -2.16. The molecule has 0 saturated heterocycles. The molecule has 13 heteroatoms. The van der Waals surface area contributed by atoms with Gasteiger partial charge in [0.15, 0.2) is 0 Å². The van der Waals surface area contributed by atoms with Crippen molar-refractivity contribution in [2.75, 3.05) is 72.9 Å². The first-order chi connectivity index (χ1) is 19.2. The maximum Gasteiger partial charge on any atom is 0.314 e. The number of hydrogen-bond donors (Lipinski definition) is 0. The summed E-state index contributed by atoms with van der Waals surface area (Å²) >= 11 is 0. The molecule has 41 heavy (non-hydrogen) atoms. The molecule has 0 aliphatic rings. The Morgan fingerprint density at radius 1 is 0.415 bits per heavy atom. The van der Waals surface area contributed by atoms with Gasteiger partial charge in [-0.05, 0) is 20.8 Å². The predicted molar refractivity (Wildman–Crippen MR) is 145 cm³/mol. The minimum absolute atomic E-state index is 0.0210. The second-order valence-electron chi connectivity index (χ2n) is 10.9. The van der Waals surface area contributed by atoms with Gasteiger partial charge in [0, 0.05) is 11.8 Å². The second kappa shape index (κ2) is 22.0. The van der Waals surface area contributed by atoms with Crippen molar-refractivity contribution in [3.63, 3.8) is 0 Å². The van der Waals surface area contributed by atoms with E-state index in [0.29, 0.717) is 39.6 Å². The Kier molecular flexibility index (Phi) is 20.6. The first-order valence-electron chi connectivity index (χ1n) is 13.7. The predicted octanol–water partition coefficient (Wildman–Crippen LogP) is 2.40. The van der Waals surface area contributed by atoms with Crippen LogP contribution in [0.4, 0.5) is 0 Å². The van der Waals surface area contributed by atoms with Gasteiger partial charge >= 0.3 is 23.9 Å². The van der Waals surface area contributed by atoms with Crippen molar-refractivity contribution in [1.82, 2.24) is 0 Å². The van der Waals surface area contributed by atoms with Crippen LogP contribution in [0.3, 0.4) is 0 Å². The Balaban J connectivity index is 3.43. The number of ether oxygens (including phenoxy) is 8. The van der Waals surface area contributed by atoms with E-state index in [4.69, 9.17) is 37.9 Å². The van der Waals surface area contributed by atoms with Crippen molar-refractivity contribution in [3.8, 4) is 0 Å². The lowest BCUT2D eigenvalue weighted by molar-refractivity contribution is -0.174. The van der Waals surface area contributed by atoms with Crippen LogP contribution in [0, 0.1) is 10.8 Å². The fraction of sp³-hybridized carbons (Fsp3) is 0.821. The van der Waals surface area contributed by atoms with E-state index in [1.807, 2.05) is 20.8 Å². The van der Waals surface area contributed by atoms with Gasteiger partial charge in [0.25, 0.3) is 0 Å². The molecule has 13 nitrogen and oxygen atoms in total. The minimum Gasteiger partial charge on any atom is -0.463 e. The van der Waals surface area contributed by atoms with Crippen molar-refractivity contribution >= 4 is 29.7 Å². The van der Waals surface area contributed by atoms with Crippen LogP contribution in [0.5, 0.6) is 0 Å². The van der Waals surface area contributed by atoms with Gasteiger partial charge in [0.1, 0.15) is 19.0 Å². The van der Waals surface area contributed by atoms with E-state index < -0.39 is 41.5 Å². The molecule has 0 spiro atoms. The van der Waals surface area contributed by atoms with Crippen molar-refractivity contribution in [2.24, 2.45) is 10.8 Å². The standard InChI is InChI=1S/C28H48O13/c1-27(2,3)22(29)7-8-23(30)38-19-17-36-15-13-34-11-12-35-14-16-37-18-20-39-24(31)9-10-25(32)40-21-41-26(33)28(4,5)6/h7-21H2,1-6H3. The zero-order valence-corrected chi connectivity index (χ0v) is 25.4. The average Bonchev–Trinajstić information content (AvgIpc) is 2.89. The van der Waals surface area contributed by atoms with Gasteiger partial charge in [-0.3, -0.25) is 24.0 Å². The zero-order chi connectivity index (χ0) is 31.2. The molecule has 0 radical (unpaired) electrons. The largest absolute Gasteiger partial charge is 0.463 e. The van der Waals surface area contributed by atoms with Crippen molar-refractivity contribution < 1.29 is 61.9 Å². The fourth-order valence-corrected chi connectivity index (χ4v) is 2.57. The highest BCUT2D eigenvalue weighted by atomic mass is 16.7. The summed E-state index contributed by atoms with van der Waals surface area (Å²) in [5.41, 5.74) is -1.16. The Morgan fingerprint density at radius 2 is 0.756 bits per heavy atom. The van der Waals surface area contributed by atoms with Crippen LogP contribution in [0.1, 0.15) is 67.2 Å². The maximum absolute atomic E-state index is 11.8. The van der Waals surface area contributed by atoms with Crippen LogP contribution in [0.25, 0.3) is 0 Å². The van der Waals surface area contributed by atoms with Gasteiger partial charge in [-0.15, -0.1) is 0 Å². The van der Waals surface area contributed by atoms with Gasteiger partial charge in [0.05, 0.1) is 77.5 Å². The summed E-state index contributed by atoms with van der Waals surface area (Å²) in [6.45, 7) is 12.7. The van der Waals surface area contributed by atoms with E-state index in [0.717, 1.165) is 0 Å². The van der Waals surface area contributed by atoms with E-state index in [1.54, 1.807) is 20.8 Å². The van der Waals surface area contributed by atoms with Crippen LogP contribution in [0.15, 0.2) is 0 Å². The molecule has 0 bridgehead atoms. The quantitative estimate of drug-likeness (QED) is 0.0737. The molecule has 0 fully saturated rings. The SMILES string of the molecule is CC(C)(C)C(=O)CCC(=O)OCCOCCOCCOCCOCCOC(=O)CCC(=O)OCOC(=O)C(C)(C)C. The van der Waals surface area contributed by atoms with E-state index in [1.165, 1.54) is 0 Å². The van der Waals surface area contributed by atoms with E-state index in [-0.39, 0.29) is 57.9 Å². The summed E-state index contributed by atoms with van der Waals surface area (Å²) in [6.07, 6.45) is -0.108. The third kappa shape index (κ3) is 23.8. The van der Waals surface area contributed by atoms with E-state index in [9.17, 15) is 24.0 Å². The van der Waals surface area contributed by atoms with Crippen LogP contribution in [-0.2, 0) is 61.9 Å². The van der Waals surface area contributed by atoms with Gasteiger partial charge < -0.3 is 37.9 Å². The topological polar surface area (TPSA) is 159 Å². The number of hydrogen-bond acceptors (Lipinski definition) is 13. The van der Waals surface area contributed by atoms with Crippen LogP contribution >= 0.6 is 0 Å². The van der Waals surface area contributed by atoms with Crippen molar-refractivity contribution in [1.29, 1.82) is 0 Å². The molecule has 0 aliphatic carbocycles. The van der Waals surface area contributed by atoms with Crippen molar-refractivity contribution in [3.05, 3.63) is 0 Å². The maximum atomic E-state index is 11.8. The fourth-order valence-electron chi connectivity index (χ4n) is 2.57. The average molecular weight is 593 g/mol. The molecule has 0 heterocycles. The Labute approximate surface area is 242 Å². The summed E-state index contributed by atoms with van der Waals surface area (Å²) < 4.78 is 40.9. The summed E-state index contributed by atoms with van der Waals surface area (Å²) in [4.78, 5) is 58.2. The molecule has 0 amide bonds. The first-order valence-corrected chi connectivity index (χ1v) is 13.7. The number of rotatable bonds is 23. The highest BCUT2D eigenvalue weighted by Gasteiger charge is 2.23. The summed E-state index contributed by atoms with van der Waals surface area (Å²) in [5.74, 6) is -2.14. The molecular weight excluding hydrogens is 544 g/mol. The monoisotopic (exact) mass is 592 g/mol. The molecule has 0 saturated carbocycles. The molecule has 238 valence electrons. The number of carbonyl (C=O) groups is 5. The Morgan fingerprint density at radius 3 is 1.12 bits per heavy atom. The third-order valence-corrected chi connectivity index (χ3v) is 5.05. The molecule has 0 atom stereocenters. The Bertz CT molecular complexity index is 781. The van der Waals surface area contributed by atoms with Crippen molar-refractivity contribution in [2.45, 2.75) is 67.2 Å². The summed E-state index contributed by atoms with van der Waals surface area (Å²) in [6, 6.07) is 0. The molecule has 0 unspecified atom stereocenters. The lowest BCUT2D eigenvalue weighted by Crippen LogP contribution is -2.24. The molecule has 0 N–H and O–H groups in total. The second-order valence-corrected chi connectivity index (χ2v) is 10.9. The number of Topliss-reactive ketones (excluding diaryl/α,β-unsaturated/α-hetero) is 1. The number of carbonyl (C=O) groups excluding carboxylic acids is 5. The zero-order valence-electron chi connectivity index (χ0n) is 25.4. The highest BCUT2D eigenvalue weighted by molar-refractivity contribution is 5.86. The lowest BCUT2D eigenvalue weighted by atomic mass is 9.88. The smallest absolute Gasteiger partial charge is 0.314 e. The molecule has 0 aromatic carbocycles. The van der Waals surface area contributed by atoms with Gasteiger partial charge in [-0.2, -0.15) is 0 Å². The Hall–Kier alpha value is -2.61. The van der Waals surface area contributed by atoms with Gasteiger partial charge in [0.2, 0.25) is 6.79 Å². The molecular formula is C28H48O13. The van der Waals surface area contributed by atoms with Crippen LogP contribution in [0.2, 0.25) is 0 Å². The molecule has 0 aliphatic heterocycles. The molecule has 0 aromatic heterocycles. The molecule has 0 rings (SSSR count). The van der Waals surface area contributed by atoms with Crippen LogP contribution < -0.4 is 0 Å². The van der Waals surface area contributed by atoms with E-state index >= 15 is 0 Å². The summed E-state index contributed by atoms with van der Waals surface area (Å²) in [5, 5.41) is 0. The molecule has 0 aromatic rings. The first kappa shape index (κ1) is 38.4. The van der Waals surface area contributed by atoms with Crippen LogP contribution in [-0.4, -0.2) is 103 Å². The highest BCUT2D eigenvalue weighted by Crippen LogP contribution is 2.17.